The molecule has 0 radical (unpaired) electrons. The van der Waals surface area contributed by atoms with Crippen LogP contribution in [-0.4, -0.2) is 42.9 Å². The Kier molecular flexibility index (Phi) is 7.86. The Morgan fingerprint density at radius 2 is 1.77 bits per heavy atom. The molecule has 0 saturated carbocycles. The standard InChI is InChI=1S/C23H27N3O5/c1-4-29-19-11-6-16(14-20(19)30-5-2)12-13-24-21(27)15-22-25-23(26-31-22)17-7-9-18(28-3)10-8-17/h6-11,14H,4-5,12-13,15H2,1-3H3,(H,24,27). The van der Waals surface area contributed by atoms with E-state index in [2.05, 4.69) is 15.5 Å². The van der Waals surface area contributed by atoms with Crippen LogP contribution in [0.1, 0.15) is 25.3 Å². The maximum absolute atomic E-state index is 12.2. The van der Waals surface area contributed by atoms with E-state index in [1.165, 1.54) is 0 Å². The molecule has 0 bridgehead atoms. The number of ether oxygens (including phenoxy) is 3. The van der Waals surface area contributed by atoms with Gasteiger partial charge in [-0.25, -0.2) is 0 Å². The first kappa shape index (κ1) is 22.1. The molecule has 0 spiro atoms. The van der Waals surface area contributed by atoms with Crippen molar-refractivity contribution in [2.45, 2.75) is 26.7 Å². The molecule has 8 heteroatoms. The number of carbonyl (C=O) groups is 1. The van der Waals surface area contributed by atoms with Crippen molar-refractivity contribution in [3.8, 4) is 28.6 Å². The van der Waals surface area contributed by atoms with Gasteiger partial charge in [-0.2, -0.15) is 4.98 Å². The molecule has 0 unspecified atom stereocenters. The third-order valence-electron chi connectivity index (χ3n) is 4.47. The number of hydrogen-bond donors (Lipinski definition) is 1. The van der Waals surface area contributed by atoms with Crippen molar-refractivity contribution in [1.29, 1.82) is 0 Å². The average Bonchev–Trinajstić information content (AvgIpc) is 3.24. The van der Waals surface area contributed by atoms with Gasteiger partial charge in [0.25, 0.3) is 0 Å². The van der Waals surface area contributed by atoms with Crippen LogP contribution in [0.5, 0.6) is 17.2 Å². The lowest BCUT2D eigenvalue weighted by atomic mass is 10.1. The molecule has 0 aliphatic rings. The lowest BCUT2D eigenvalue weighted by Crippen LogP contribution is -2.27. The van der Waals surface area contributed by atoms with Crippen LogP contribution < -0.4 is 19.5 Å². The van der Waals surface area contributed by atoms with Crippen LogP contribution in [0.15, 0.2) is 47.0 Å². The molecule has 1 N–H and O–H groups in total. The number of amides is 1. The van der Waals surface area contributed by atoms with E-state index < -0.39 is 0 Å². The highest BCUT2D eigenvalue weighted by molar-refractivity contribution is 5.77. The molecule has 0 fully saturated rings. The van der Waals surface area contributed by atoms with Gasteiger partial charge < -0.3 is 24.1 Å². The van der Waals surface area contributed by atoms with Crippen LogP contribution in [0.2, 0.25) is 0 Å². The zero-order chi connectivity index (χ0) is 22.1. The number of methoxy groups -OCH3 is 1. The second-order valence-electron chi connectivity index (χ2n) is 6.66. The van der Waals surface area contributed by atoms with Crippen LogP contribution in [0.4, 0.5) is 0 Å². The summed E-state index contributed by atoms with van der Waals surface area (Å²) < 4.78 is 21.6. The van der Waals surface area contributed by atoms with Crippen molar-refractivity contribution in [2.24, 2.45) is 0 Å². The molecule has 1 heterocycles. The molecule has 0 aliphatic carbocycles. The molecular formula is C23H27N3O5. The molecule has 3 rings (SSSR count). The fraction of sp³-hybridized carbons (Fsp3) is 0.348. The van der Waals surface area contributed by atoms with E-state index in [9.17, 15) is 4.79 Å². The topological polar surface area (TPSA) is 95.7 Å². The molecule has 8 nitrogen and oxygen atoms in total. The minimum atomic E-state index is -0.180. The van der Waals surface area contributed by atoms with Gasteiger partial charge in [-0.1, -0.05) is 11.2 Å². The van der Waals surface area contributed by atoms with Gasteiger partial charge >= 0.3 is 0 Å². The first-order chi connectivity index (χ1) is 15.1. The molecule has 3 aromatic rings. The monoisotopic (exact) mass is 425 g/mol. The quantitative estimate of drug-likeness (QED) is 0.503. The van der Waals surface area contributed by atoms with E-state index in [0.29, 0.717) is 37.8 Å². The summed E-state index contributed by atoms with van der Waals surface area (Å²) >= 11 is 0. The lowest BCUT2D eigenvalue weighted by molar-refractivity contribution is -0.120. The second-order valence-corrected chi connectivity index (χ2v) is 6.66. The van der Waals surface area contributed by atoms with Crippen LogP contribution in [0, 0.1) is 0 Å². The van der Waals surface area contributed by atoms with Crippen LogP contribution >= 0.6 is 0 Å². The van der Waals surface area contributed by atoms with Crippen LogP contribution in [0.25, 0.3) is 11.4 Å². The first-order valence-electron chi connectivity index (χ1n) is 10.2. The van der Waals surface area contributed by atoms with Gasteiger partial charge in [0.1, 0.15) is 12.2 Å². The lowest BCUT2D eigenvalue weighted by Gasteiger charge is -2.12. The van der Waals surface area contributed by atoms with Gasteiger partial charge in [-0.15, -0.1) is 0 Å². The summed E-state index contributed by atoms with van der Waals surface area (Å²) in [6.45, 7) is 5.48. The Morgan fingerprint density at radius 3 is 2.48 bits per heavy atom. The second kappa shape index (κ2) is 11.0. The minimum Gasteiger partial charge on any atom is -0.497 e. The van der Waals surface area contributed by atoms with E-state index in [-0.39, 0.29) is 18.2 Å². The fourth-order valence-electron chi connectivity index (χ4n) is 2.98. The molecule has 2 aromatic carbocycles. The van der Waals surface area contributed by atoms with Crippen LogP contribution in [0.3, 0.4) is 0 Å². The molecule has 0 aliphatic heterocycles. The normalized spacial score (nSPS) is 10.5. The highest BCUT2D eigenvalue weighted by Crippen LogP contribution is 2.28. The highest BCUT2D eigenvalue weighted by atomic mass is 16.5. The van der Waals surface area contributed by atoms with Crippen molar-refractivity contribution < 1.29 is 23.5 Å². The Labute approximate surface area is 181 Å². The van der Waals surface area contributed by atoms with E-state index >= 15 is 0 Å². The Balaban J connectivity index is 1.50. The predicted molar refractivity (Wildman–Crippen MR) is 115 cm³/mol. The molecule has 1 aromatic heterocycles. The summed E-state index contributed by atoms with van der Waals surface area (Å²) in [5.41, 5.74) is 1.84. The van der Waals surface area contributed by atoms with Gasteiger partial charge in [0.15, 0.2) is 11.5 Å². The number of carbonyl (C=O) groups excluding carboxylic acids is 1. The average molecular weight is 425 g/mol. The Hall–Kier alpha value is -3.55. The van der Waals surface area contributed by atoms with Gasteiger partial charge in [-0.3, -0.25) is 4.79 Å². The van der Waals surface area contributed by atoms with Gasteiger partial charge in [-0.05, 0) is 62.2 Å². The smallest absolute Gasteiger partial charge is 0.236 e. The molecule has 0 atom stereocenters. The van der Waals surface area contributed by atoms with E-state index in [1.54, 1.807) is 7.11 Å². The number of rotatable bonds is 11. The number of aromatic nitrogens is 2. The van der Waals surface area contributed by atoms with Gasteiger partial charge in [0, 0.05) is 12.1 Å². The molecular weight excluding hydrogens is 398 g/mol. The zero-order valence-corrected chi connectivity index (χ0v) is 18.0. The number of nitrogens with one attached hydrogen (secondary N) is 1. The molecule has 0 saturated heterocycles. The number of hydrogen-bond acceptors (Lipinski definition) is 7. The van der Waals surface area contributed by atoms with Crippen molar-refractivity contribution in [3.05, 3.63) is 53.9 Å². The van der Waals surface area contributed by atoms with Crippen molar-refractivity contribution in [3.63, 3.8) is 0 Å². The summed E-state index contributed by atoms with van der Waals surface area (Å²) in [4.78, 5) is 16.5. The molecule has 31 heavy (non-hydrogen) atoms. The summed E-state index contributed by atoms with van der Waals surface area (Å²) in [7, 11) is 1.61. The van der Waals surface area contributed by atoms with Crippen molar-refractivity contribution in [1.82, 2.24) is 15.5 Å². The highest BCUT2D eigenvalue weighted by Gasteiger charge is 2.13. The number of nitrogens with zero attached hydrogens (tertiary/aromatic N) is 2. The van der Waals surface area contributed by atoms with E-state index in [4.69, 9.17) is 18.7 Å². The summed E-state index contributed by atoms with van der Waals surface area (Å²) in [5.74, 6) is 2.70. The van der Waals surface area contributed by atoms with Gasteiger partial charge in [0.2, 0.25) is 17.6 Å². The van der Waals surface area contributed by atoms with Gasteiger partial charge in [0.05, 0.1) is 20.3 Å². The van der Waals surface area contributed by atoms with Crippen molar-refractivity contribution >= 4 is 5.91 Å². The first-order valence-corrected chi connectivity index (χ1v) is 10.2. The molecule has 164 valence electrons. The summed E-state index contributed by atoms with van der Waals surface area (Å²) in [6, 6.07) is 13.1. The largest absolute Gasteiger partial charge is 0.497 e. The Morgan fingerprint density at radius 1 is 1.03 bits per heavy atom. The SMILES string of the molecule is CCOc1ccc(CCNC(=O)Cc2nc(-c3ccc(OC)cc3)no2)cc1OCC. The molecule has 1 amide bonds. The summed E-state index contributed by atoms with van der Waals surface area (Å²) in [6.07, 6.45) is 0.690. The maximum Gasteiger partial charge on any atom is 0.236 e. The third-order valence-corrected chi connectivity index (χ3v) is 4.47. The third kappa shape index (κ3) is 6.21. The maximum atomic E-state index is 12.2. The summed E-state index contributed by atoms with van der Waals surface area (Å²) in [5, 5.41) is 6.82. The Bertz CT molecular complexity index is 985. The van der Waals surface area contributed by atoms with E-state index in [0.717, 1.165) is 22.6 Å². The number of benzene rings is 2. The van der Waals surface area contributed by atoms with Crippen molar-refractivity contribution in [2.75, 3.05) is 26.9 Å². The fourth-order valence-corrected chi connectivity index (χ4v) is 2.98. The van der Waals surface area contributed by atoms with Crippen LogP contribution in [-0.2, 0) is 17.6 Å². The zero-order valence-electron chi connectivity index (χ0n) is 18.0. The predicted octanol–water partition coefficient (Wildman–Crippen LogP) is 3.44. The minimum absolute atomic E-state index is 0.0244. The van der Waals surface area contributed by atoms with E-state index in [1.807, 2.05) is 56.3 Å².